The lowest BCUT2D eigenvalue weighted by molar-refractivity contribution is 0.293. The van der Waals surface area contributed by atoms with Gasteiger partial charge in [0, 0.05) is 19.6 Å². The SMILES string of the molecule is CCc1nn(CC)c(CN(C)CC(C)C#N)c1Br. The van der Waals surface area contributed by atoms with Crippen LogP contribution in [0.25, 0.3) is 0 Å². The Bertz CT molecular complexity index is 433. The number of rotatable bonds is 6. The predicted octanol–water partition coefficient (Wildman–Crippen LogP) is 2.82. The van der Waals surface area contributed by atoms with E-state index in [2.05, 4.69) is 45.8 Å². The van der Waals surface area contributed by atoms with Crippen LogP contribution in [0.5, 0.6) is 0 Å². The number of nitrogens with zero attached hydrogens (tertiary/aromatic N) is 4. The van der Waals surface area contributed by atoms with E-state index < -0.39 is 0 Å². The van der Waals surface area contributed by atoms with Crippen molar-refractivity contribution in [3.05, 3.63) is 15.9 Å². The van der Waals surface area contributed by atoms with E-state index in [0.29, 0.717) is 0 Å². The largest absolute Gasteiger partial charge is 0.299 e. The molecule has 1 aromatic heterocycles. The fourth-order valence-electron chi connectivity index (χ4n) is 2.00. The number of hydrogen-bond acceptors (Lipinski definition) is 3. The lowest BCUT2D eigenvalue weighted by atomic mass is 10.2. The maximum atomic E-state index is 8.84. The zero-order chi connectivity index (χ0) is 13.7. The van der Waals surface area contributed by atoms with Crippen LogP contribution in [0.15, 0.2) is 4.47 Å². The Labute approximate surface area is 118 Å². The molecule has 0 amide bonds. The van der Waals surface area contributed by atoms with Gasteiger partial charge >= 0.3 is 0 Å². The molecule has 1 unspecified atom stereocenters. The van der Waals surface area contributed by atoms with E-state index in [-0.39, 0.29) is 5.92 Å². The normalized spacial score (nSPS) is 12.7. The molecule has 4 nitrogen and oxygen atoms in total. The third-order valence-corrected chi connectivity index (χ3v) is 3.84. The van der Waals surface area contributed by atoms with Crippen LogP contribution in [-0.2, 0) is 19.5 Å². The van der Waals surface area contributed by atoms with Crippen LogP contribution in [0.1, 0.15) is 32.2 Å². The molecule has 1 rings (SSSR count). The number of aryl methyl sites for hydroxylation is 2. The van der Waals surface area contributed by atoms with Crippen molar-refractivity contribution in [2.75, 3.05) is 13.6 Å². The number of hydrogen-bond donors (Lipinski definition) is 0. The summed E-state index contributed by atoms with van der Waals surface area (Å²) >= 11 is 3.64. The van der Waals surface area contributed by atoms with E-state index in [0.717, 1.165) is 36.2 Å². The number of halogens is 1. The summed E-state index contributed by atoms with van der Waals surface area (Å²) in [5.74, 6) is 0.0532. The number of nitriles is 1. The Hall–Kier alpha value is -0.860. The summed E-state index contributed by atoms with van der Waals surface area (Å²) in [6.45, 7) is 8.61. The van der Waals surface area contributed by atoms with Crippen LogP contribution in [0, 0.1) is 17.2 Å². The summed E-state index contributed by atoms with van der Waals surface area (Å²) in [7, 11) is 2.04. The van der Waals surface area contributed by atoms with Gasteiger partial charge in [0.05, 0.1) is 27.8 Å². The van der Waals surface area contributed by atoms with Gasteiger partial charge in [0.25, 0.3) is 0 Å². The second-order valence-electron chi connectivity index (χ2n) is 4.60. The average molecular weight is 313 g/mol. The maximum Gasteiger partial charge on any atom is 0.0767 e. The van der Waals surface area contributed by atoms with E-state index in [9.17, 15) is 0 Å². The molecule has 0 N–H and O–H groups in total. The van der Waals surface area contributed by atoms with Gasteiger partial charge in [0.2, 0.25) is 0 Å². The topological polar surface area (TPSA) is 44.9 Å². The summed E-state index contributed by atoms with van der Waals surface area (Å²) in [6.07, 6.45) is 0.929. The third-order valence-electron chi connectivity index (χ3n) is 2.92. The maximum absolute atomic E-state index is 8.84. The van der Waals surface area contributed by atoms with Crippen LogP contribution < -0.4 is 0 Å². The van der Waals surface area contributed by atoms with E-state index in [1.165, 1.54) is 5.69 Å². The van der Waals surface area contributed by atoms with E-state index >= 15 is 0 Å². The van der Waals surface area contributed by atoms with Crippen LogP contribution in [-0.4, -0.2) is 28.3 Å². The fourth-order valence-corrected chi connectivity index (χ4v) is 2.69. The standard InChI is InChI=1S/C13H21BrN4/c1-5-11-13(14)12(18(6-2)16-11)9-17(4)8-10(3)7-15/h10H,5-6,8-9H2,1-4H3. The zero-order valence-corrected chi connectivity index (χ0v) is 13.2. The zero-order valence-electron chi connectivity index (χ0n) is 11.6. The monoisotopic (exact) mass is 312 g/mol. The first-order valence-corrected chi connectivity index (χ1v) is 7.14. The van der Waals surface area contributed by atoms with E-state index in [4.69, 9.17) is 5.26 Å². The van der Waals surface area contributed by atoms with Crippen molar-refractivity contribution in [2.24, 2.45) is 5.92 Å². The van der Waals surface area contributed by atoms with Crippen molar-refractivity contribution >= 4 is 15.9 Å². The highest BCUT2D eigenvalue weighted by molar-refractivity contribution is 9.10. The smallest absolute Gasteiger partial charge is 0.0767 e. The lowest BCUT2D eigenvalue weighted by Crippen LogP contribution is -2.25. The molecule has 0 saturated carbocycles. The third kappa shape index (κ3) is 3.56. The summed E-state index contributed by atoms with van der Waals surface area (Å²) in [4.78, 5) is 2.17. The first-order chi connectivity index (χ1) is 8.53. The van der Waals surface area contributed by atoms with Gasteiger partial charge in [0.1, 0.15) is 0 Å². The van der Waals surface area contributed by atoms with Gasteiger partial charge in [-0.1, -0.05) is 6.92 Å². The molecule has 0 aromatic carbocycles. The molecule has 100 valence electrons. The summed E-state index contributed by atoms with van der Waals surface area (Å²) in [5, 5.41) is 13.4. The van der Waals surface area contributed by atoms with Crippen molar-refractivity contribution in [3.8, 4) is 6.07 Å². The molecule has 18 heavy (non-hydrogen) atoms. The summed E-state index contributed by atoms with van der Waals surface area (Å²) in [5.41, 5.74) is 2.30. The highest BCUT2D eigenvalue weighted by Crippen LogP contribution is 2.23. The minimum absolute atomic E-state index is 0.0532. The minimum atomic E-state index is 0.0532. The molecule has 0 aliphatic rings. The molecule has 0 fully saturated rings. The van der Waals surface area contributed by atoms with Crippen molar-refractivity contribution in [1.82, 2.24) is 14.7 Å². The first-order valence-electron chi connectivity index (χ1n) is 6.35. The van der Waals surface area contributed by atoms with Gasteiger partial charge in [-0.05, 0) is 43.2 Å². The van der Waals surface area contributed by atoms with E-state index in [1.807, 2.05) is 18.7 Å². The molecule has 0 radical (unpaired) electrons. The van der Waals surface area contributed by atoms with Gasteiger partial charge < -0.3 is 0 Å². The second kappa shape index (κ2) is 6.91. The highest BCUT2D eigenvalue weighted by atomic mass is 79.9. The highest BCUT2D eigenvalue weighted by Gasteiger charge is 2.16. The van der Waals surface area contributed by atoms with Crippen molar-refractivity contribution in [3.63, 3.8) is 0 Å². The molecular weight excluding hydrogens is 292 g/mol. The fraction of sp³-hybridized carbons (Fsp3) is 0.692. The molecule has 0 aliphatic heterocycles. The van der Waals surface area contributed by atoms with Crippen molar-refractivity contribution < 1.29 is 0 Å². The second-order valence-corrected chi connectivity index (χ2v) is 5.40. The molecular formula is C13H21BrN4. The van der Waals surface area contributed by atoms with Gasteiger partial charge in [-0.15, -0.1) is 0 Å². The van der Waals surface area contributed by atoms with E-state index in [1.54, 1.807) is 0 Å². The Morgan fingerprint density at radius 2 is 2.17 bits per heavy atom. The molecule has 1 aromatic rings. The van der Waals surface area contributed by atoms with Gasteiger partial charge in [-0.25, -0.2) is 0 Å². The van der Waals surface area contributed by atoms with Crippen LogP contribution in [0.2, 0.25) is 0 Å². The average Bonchev–Trinajstić information content (AvgIpc) is 2.66. The van der Waals surface area contributed by atoms with Crippen molar-refractivity contribution in [1.29, 1.82) is 5.26 Å². The molecule has 0 saturated heterocycles. The van der Waals surface area contributed by atoms with Gasteiger partial charge in [0.15, 0.2) is 0 Å². The Morgan fingerprint density at radius 3 is 2.67 bits per heavy atom. The molecule has 0 spiro atoms. The first kappa shape index (κ1) is 15.2. The Balaban J connectivity index is 2.83. The van der Waals surface area contributed by atoms with Crippen molar-refractivity contribution in [2.45, 2.75) is 40.3 Å². The molecule has 5 heteroatoms. The molecule has 1 atom stereocenters. The van der Waals surface area contributed by atoms with Crippen LogP contribution in [0.3, 0.4) is 0 Å². The van der Waals surface area contributed by atoms with Crippen LogP contribution >= 0.6 is 15.9 Å². The van der Waals surface area contributed by atoms with Gasteiger partial charge in [-0.2, -0.15) is 10.4 Å². The quantitative estimate of drug-likeness (QED) is 0.811. The lowest BCUT2D eigenvalue weighted by Gasteiger charge is -2.18. The van der Waals surface area contributed by atoms with Crippen LogP contribution in [0.4, 0.5) is 0 Å². The molecule has 0 bridgehead atoms. The minimum Gasteiger partial charge on any atom is -0.299 e. The molecule has 0 aliphatic carbocycles. The summed E-state index contributed by atoms with van der Waals surface area (Å²) < 4.78 is 3.15. The predicted molar refractivity (Wildman–Crippen MR) is 76.1 cm³/mol. The van der Waals surface area contributed by atoms with Gasteiger partial charge in [-0.3, -0.25) is 9.58 Å². The molecule has 1 heterocycles. The summed E-state index contributed by atoms with van der Waals surface area (Å²) in [6, 6.07) is 2.27. The Morgan fingerprint density at radius 1 is 1.50 bits per heavy atom. The Kier molecular flexibility index (Phi) is 5.83. The number of aromatic nitrogens is 2.